The highest BCUT2D eigenvalue weighted by Gasteiger charge is 2.70. The molecule has 2 aromatic rings. The Morgan fingerprint density at radius 2 is 1.48 bits per heavy atom. The molecule has 1 unspecified atom stereocenters. The number of aliphatic hydroxyl groups is 1. The number of allylic oxidation sites excluding steroid dienone is 2. The number of aliphatic hydroxyl groups excluding tert-OH is 1. The van der Waals surface area contributed by atoms with Gasteiger partial charge in [0.15, 0.2) is 11.6 Å². The van der Waals surface area contributed by atoms with Gasteiger partial charge in [-0.1, -0.05) is 94.2 Å². The van der Waals surface area contributed by atoms with Crippen molar-refractivity contribution in [3.05, 3.63) is 75.8 Å². The van der Waals surface area contributed by atoms with Gasteiger partial charge in [0.2, 0.25) is 11.8 Å². The summed E-state index contributed by atoms with van der Waals surface area (Å²) in [5.41, 5.74) is 2.44. The number of amides is 2. The van der Waals surface area contributed by atoms with Gasteiger partial charge in [-0.15, -0.1) is 0 Å². The molecule has 0 aliphatic heterocycles. The fourth-order valence-corrected chi connectivity index (χ4v) is 16.0. The number of rotatable bonds is 15. The summed E-state index contributed by atoms with van der Waals surface area (Å²) in [5, 5.41) is 20.7. The van der Waals surface area contributed by atoms with E-state index in [9.17, 15) is 24.1 Å². The van der Waals surface area contributed by atoms with Crippen LogP contribution in [0.15, 0.2) is 64.7 Å². The summed E-state index contributed by atoms with van der Waals surface area (Å²) in [5.74, 6) is -0.0972. The van der Waals surface area contributed by atoms with E-state index < -0.39 is 18.8 Å². The van der Waals surface area contributed by atoms with Crippen molar-refractivity contribution in [3.63, 3.8) is 0 Å². The molecular formula is C52H75BrN3O7P. The van der Waals surface area contributed by atoms with Crippen LogP contribution in [0, 0.1) is 50.2 Å². The largest absolute Gasteiger partial charge is 0.393 e. The van der Waals surface area contributed by atoms with Crippen LogP contribution in [0.5, 0.6) is 0 Å². The van der Waals surface area contributed by atoms with Crippen LogP contribution in [0.2, 0.25) is 0 Å². The molecule has 352 valence electrons. The molecule has 0 spiro atoms. The van der Waals surface area contributed by atoms with Crippen LogP contribution >= 0.6 is 23.5 Å². The van der Waals surface area contributed by atoms with E-state index in [1.165, 1.54) is 5.57 Å². The van der Waals surface area contributed by atoms with Crippen molar-refractivity contribution in [1.82, 2.24) is 10.6 Å². The van der Waals surface area contributed by atoms with E-state index in [1.807, 2.05) is 48.5 Å². The van der Waals surface area contributed by atoms with Crippen LogP contribution in [0.3, 0.4) is 0 Å². The summed E-state index contributed by atoms with van der Waals surface area (Å²) in [4.78, 5) is 41.8. The van der Waals surface area contributed by atoms with E-state index in [1.54, 1.807) is 13.8 Å². The summed E-state index contributed by atoms with van der Waals surface area (Å²) in [6.07, 6.45) is 10.9. The highest BCUT2D eigenvalue weighted by Crippen LogP contribution is 2.75. The van der Waals surface area contributed by atoms with E-state index in [0.717, 1.165) is 79.1 Å². The van der Waals surface area contributed by atoms with E-state index in [0.29, 0.717) is 25.4 Å². The third-order valence-corrected chi connectivity index (χ3v) is 20.6. The van der Waals surface area contributed by atoms with Crippen LogP contribution in [0.4, 0.5) is 5.69 Å². The first-order chi connectivity index (χ1) is 30.1. The third kappa shape index (κ3) is 8.76. The van der Waals surface area contributed by atoms with Crippen molar-refractivity contribution in [2.75, 3.05) is 31.6 Å². The first-order valence-corrected chi connectivity index (χ1v) is 26.5. The molecule has 10 atom stereocenters. The zero-order chi connectivity index (χ0) is 46.5. The Labute approximate surface area is 391 Å². The van der Waals surface area contributed by atoms with E-state index in [4.69, 9.17) is 9.05 Å². The molecular weight excluding hydrogens is 889 g/mol. The zero-order valence-corrected chi connectivity index (χ0v) is 42.4. The predicted molar refractivity (Wildman–Crippen MR) is 258 cm³/mol. The number of anilines is 1. The van der Waals surface area contributed by atoms with Crippen molar-refractivity contribution >= 4 is 46.8 Å². The SMILES string of the molecule is CCOP(=O)(OCC)C(Nc1ccc(CC(=O)NCCCNC(=O)[C@@]2(C)CC[C@]3(C)CC[C@]4(C)C(=CC(=O)[C@@H]5[C@@]6(C)CC[C@H](O)C(C)(C)[C@@H]6CC[C@]54C)[C@@H]3C2)cc1)c1ccc(Br)cc1. The monoisotopic (exact) mass is 963 g/mol. The van der Waals surface area contributed by atoms with Crippen LogP contribution in [0.1, 0.15) is 143 Å². The second-order valence-electron chi connectivity index (χ2n) is 21.9. The number of halogens is 1. The molecule has 0 saturated heterocycles. The summed E-state index contributed by atoms with van der Waals surface area (Å²) in [7, 11) is -3.57. The first kappa shape index (κ1) is 49.1. The van der Waals surface area contributed by atoms with Crippen molar-refractivity contribution < 1.29 is 33.1 Å². The molecule has 10 nitrogen and oxygen atoms in total. The Balaban J connectivity index is 0.933. The molecule has 7 rings (SSSR count). The van der Waals surface area contributed by atoms with Gasteiger partial charge in [0.25, 0.3) is 0 Å². The van der Waals surface area contributed by atoms with Gasteiger partial charge in [0, 0.05) is 34.6 Å². The molecule has 4 saturated carbocycles. The van der Waals surface area contributed by atoms with Gasteiger partial charge in [-0.2, -0.15) is 0 Å². The Kier molecular flexibility index (Phi) is 14.1. The fourth-order valence-electron chi connectivity index (χ4n) is 13.8. The lowest BCUT2D eigenvalue weighted by molar-refractivity contribution is -0.202. The number of nitrogens with one attached hydrogen (secondary N) is 3. The molecule has 0 radical (unpaired) electrons. The summed E-state index contributed by atoms with van der Waals surface area (Å²) < 4.78 is 26.3. The average Bonchev–Trinajstić information content (AvgIpc) is 3.23. The normalized spacial score (nSPS) is 34.8. The molecule has 4 fully saturated rings. The number of ketones is 1. The molecule has 0 aromatic heterocycles. The number of hydrogen-bond donors (Lipinski definition) is 4. The van der Waals surface area contributed by atoms with Crippen LogP contribution in [-0.4, -0.2) is 55.1 Å². The summed E-state index contributed by atoms with van der Waals surface area (Å²) >= 11 is 3.47. The van der Waals surface area contributed by atoms with Gasteiger partial charge in [0.1, 0.15) is 0 Å². The number of carbonyl (C=O) groups excluding carboxylic acids is 3. The molecule has 2 amide bonds. The Bertz CT molecular complexity index is 2140. The van der Waals surface area contributed by atoms with E-state index in [-0.39, 0.29) is 82.2 Å². The number of carbonyl (C=O) groups is 3. The second kappa shape index (κ2) is 18.3. The minimum absolute atomic E-state index is 0.0490. The van der Waals surface area contributed by atoms with E-state index >= 15 is 0 Å². The average molecular weight is 965 g/mol. The zero-order valence-electron chi connectivity index (χ0n) is 39.9. The maximum atomic E-state index is 14.7. The number of fused-ring (bicyclic) bond motifs is 7. The Morgan fingerprint density at radius 1 is 0.844 bits per heavy atom. The lowest BCUT2D eigenvalue weighted by Crippen LogP contribution is -2.66. The van der Waals surface area contributed by atoms with Gasteiger partial charge < -0.3 is 30.1 Å². The van der Waals surface area contributed by atoms with Crippen molar-refractivity contribution in [2.45, 2.75) is 145 Å². The highest BCUT2D eigenvalue weighted by atomic mass is 79.9. The smallest absolute Gasteiger partial charge is 0.357 e. The topological polar surface area (TPSA) is 143 Å². The fraction of sp³-hybridized carbons (Fsp3) is 0.673. The van der Waals surface area contributed by atoms with Crippen LogP contribution in [0.25, 0.3) is 0 Å². The van der Waals surface area contributed by atoms with Gasteiger partial charge in [-0.3, -0.25) is 18.9 Å². The molecule has 12 heteroatoms. The molecule has 4 N–H and O–H groups in total. The minimum Gasteiger partial charge on any atom is -0.393 e. The molecule has 2 aromatic carbocycles. The van der Waals surface area contributed by atoms with Gasteiger partial charge >= 0.3 is 7.60 Å². The second-order valence-corrected chi connectivity index (χ2v) is 25.0. The standard InChI is InChI=1S/C52H75BrN3O7P/c1-10-62-64(61,63-11-2)45(35-15-17-36(53)18-16-35)56-37-19-13-34(14-20-37)31-43(59)54-29-12-30-55-46(60)49(6)26-25-48(5)27-28-51(8)38(39(48)33-49)32-40(57)44-50(7)23-22-42(58)47(3,4)41(50)21-24-52(44,51)9/h13-20,32,39,41-42,44-45,56,58H,10-12,21-31,33H2,1-9H3,(H,54,59)(H,55,60)/t39-,41-,42-,44+,45?,48+,49-,50-,51+,52+/m0/s1. The highest BCUT2D eigenvalue weighted by molar-refractivity contribution is 9.10. The quantitative estimate of drug-likeness (QED) is 0.102. The third-order valence-electron chi connectivity index (χ3n) is 17.8. The van der Waals surface area contributed by atoms with Crippen molar-refractivity contribution in [2.24, 2.45) is 50.2 Å². The minimum atomic E-state index is -3.57. The molecule has 0 bridgehead atoms. The van der Waals surface area contributed by atoms with Crippen molar-refractivity contribution in [3.8, 4) is 0 Å². The lowest BCUT2D eigenvalue weighted by atomic mass is 9.33. The van der Waals surface area contributed by atoms with Crippen LogP contribution < -0.4 is 16.0 Å². The molecule has 0 heterocycles. The predicted octanol–water partition coefficient (Wildman–Crippen LogP) is 11.3. The van der Waals surface area contributed by atoms with Gasteiger partial charge in [-0.25, -0.2) is 0 Å². The summed E-state index contributed by atoms with van der Waals surface area (Å²) in [6.45, 7) is 21.1. The van der Waals surface area contributed by atoms with Crippen LogP contribution in [-0.2, 0) is 34.4 Å². The molecule has 64 heavy (non-hydrogen) atoms. The molecule has 5 aliphatic carbocycles. The Morgan fingerprint density at radius 3 is 2.14 bits per heavy atom. The lowest BCUT2D eigenvalue weighted by Gasteiger charge is -2.70. The van der Waals surface area contributed by atoms with Gasteiger partial charge in [-0.05, 0) is 158 Å². The maximum Gasteiger partial charge on any atom is 0.357 e. The number of hydrogen-bond acceptors (Lipinski definition) is 8. The van der Waals surface area contributed by atoms with Crippen molar-refractivity contribution in [1.29, 1.82) is 0 Å². The van der Waals surface area contributed by atoms with Gasteiger partial charge in [0.05, 0.1) is 25.7 Å². The first-order valence-electron chi connectivity index (χ1n) is 24.1. The Hall–Kier alpha value is -2.82. The maximum absolute atomic E-state index is 14.7. The van der Waals surface area contributed by atoms with E-state index in [2.05, 4.69) is 86.4 Å². The molecule has 5 aliphatic rings. The number of benzene rings is 2. The summed E-state index contributed by atoms with van der Waals surface area (Å²) in [6, 6.07) is 15.0.